The van der Waals surface area contributed by atoms with E-state index in [2.05, 4.69) is 24.4 Å². The Labute approximate surface area is 150 Å². The number of allylic oxidation sites excluding steroid dienone is 2. The molecule has 2 N–H and O–H groups in total. The Kier molecular flexibility index (Phi) is 19.5. The molecule has 0 aromatic heterocycles. The fraction of sp³-hybridized carbons (Fsp3) is 0.857. The van der Waals surface area contributed by atoms with Crippen LogP contribution in [0.3, 0.4) is 0 Å². The Morgan fingerprint density at radius 1 is 0.750 bits per heavy atom. The van der Waals surface area contributed by atoms with E-state index in [9.17, 15) is 4.79 Å². The smallest absolute Gasteiger partial charge is 0.317 e. The second kappa shape index (κ2) is 20.2. The van der Waals surface area contributed by atoms with Gasteiger partial charge in [-0.25, -0.2) is 0 Å². The number of rotatable bonds is 19. The maximum atomic E-state index is 10.3. The second-order valence-electron chi connectivity index (χ2n) is 6.86. The average Bonchev–Trinajstić information content (AvgIpc) is 2.56. The van der Waals surface area contributed by atoms with Gasteiger partial charge < -0.3 is 10.4 Å². The summed E-state index contributed by atoms with van der Waals surface area (Å²) in [6.45, 7) is 3.19. The predicted molar refractivity (Wildman–Crippen MR) is 105 cm³/mol. The van der Waals surface area contributed by atoms with Crippen LogP contribution >= 0.6 is 0 Å². The topological polar surface area (TPSA) is 49.3 Å². The Bertz CT molecular complexity index is 290. The van der Waals surface area contributed by atoms with Crippen LogP contribution in [0.25, 0.3) is 0 Å². The third-order valence-corrected chi connectivity index (χ3v) is 4.39. The van der Waals surface area contributed by atoms with Crippen molar-refractivity contribution in [2.75, 3.05) is 13.1 Å². The highest BCUT2D eigenvalue weighted by atomic mass is 16.4. The molecule has 0 unspecified atom stereocenters. The standard InChI is InChI=1S/C21H41NO2/c1-2-3-4-5-6-7-8-9-10-11-12-13-14-15-16-17-18-19-22-20-21(23)24/h10-11,22H,2-9,12-20H2,1H3,(H,23,24). The maximum Gasteiger partial charge on any atom is 0.317 e. The summed E-state index contributed by atoms with van der Waals surface area (Å²) in [5.74, 6) is -0.768. The van der Waals surface area contributed by atoms with E-state index in [4.69, 9.17) is 5.11 Å². The molecule has 3 heteroatoms. The number of carboxylic acid groups (broad SMARTS) is 1. The first kappa shape index (κ1) is 23.2. The van der Waals surface area contributed by atoms with Gasteiger partial charge in [0.1, 0.15) is 0 Å². The van der Waals surface area contributed by atoms with E-state index in [0.29, 0.717) is 0 Å². The van der Waals surface area contributed by atoms with Gasteiger partial charge >= 0.3 is 5.97 Å². The number of hydrogen-bond donors (Lipinski definition) is 2. The summed E-state index contributed by atoms with van der Waals surface area (Å²) in [4.78, 5) is 10.3. The Morgan fingerprint density at radius 2 is 1.21 bits per heavy atom. The molecule has 0 aromatic rings. The minimum Gasteiger partial charge on any atom is -0.480 e. The summed E-state index contributed by atoms with van der Waals surface area (Å²) in [6, 6.07) is 0. The lowest BCUT2D eigenvalue weighted by Gasteiger charge is -2.02. The number of hydrogen-bond acceptors (Lipinski definition) is 2. The number of unbranched alkanes of at least 4 members (excludes halogenated alkanes) is 13. The molecule has 0 aromatic carbocycles. The summed E-state index contributed by atoms with van der Waals surface area (Å²) in [5, 5.41) is 11.4. The summed E-state index contributed by atoms with van der Waals surface area (Å²) in [6.07, 6.45) is 24.5. The van der Waals surface area contributed by atoms with Crippen molar-refractivity contribution in [3.8, 4) is 0 Å². The number of carboxylic acids is 1. The summed E-state index contributed by atoms with van der Waals surface area (Å²) >= 11 is 0. The molecular formula is C21H41NO2. The summed E-state index contributed by atoms with van der Waals surface area (Å²) in [7, 11) is 0. The normalized spacial score (nSPS) is 11.4. The van der Waals surface area contributed by atoms with Gasteiger partial charge in [0.2, 0.25) is 0 Å². The molecule has 0 saturated heterocycles. The number of nitrogens with one attached hydrogen (secondary N) is 1. The van der Waals surface area contributed by atoms with Gasteiger partial charge in [0.05, 0.1) is 6.54 Å². The van der Waals surface area contributed by atoms with E-state index in [1.54, 1.807) is 0 Å². The van der Waals surface area contributed by atoms with Crippen LogP contribution in [0.2, 0.25) is 0 Å². The van der Waals surface area contributed by atoms with Gasteiger partial charge in [0.15, 0.2) is 0 Å². The third-order valence-electron chi connectivity index (χ3n) is 4.39. The van der Waals surface area contributed by atoms with E-state index >= 15 is 0 Å². The lowest BCUT2D eigenvalue weighted by molar-refractivity contribution is -0.135. The van der Waals surface area contributed by atoms with Crippen LogP contribution < -0.4 is 5.32 Å². The van der Waals surface area contributed by atoms with E-state index in [1.807, 2.05) is 0 Å². The van der Waals surface area contributed by atoms with Gasteiger partial charge in [-0.1, -0.05) is 83.3 Å². The van der Waals surface area contributed by atoms with Crippen LogP contribution in [-0.4, -0.2) is 24.2 Å². The molecule has 0 bridgehead atoms. The van der Waals surface area contributed by atoms with Crippen LogP contribution in [0.5, 0.6) is 0 Å². The molecule has 3 nitrogen and oxygen atoms in total. The first-order valence-corrected chi connectivity index (χ1v) is 10.3. The molecule has 0 fully saturated rings. The predicted octanol–water partition coefficient (Wildman–Crippen LogP) is 6.09. The first-order chi connectivity index (χ1) is 11.8. The van der Waals surface area contributed by atoms with Crippen molar-refractivity contribution in [2.45, 2.75) is 103 Å². The molecule has 0 saturated carbocycles. The van der Waals surface area contributed by atoms with Crippen LogP contribution in [0.4, 0.5) is 0 Å². The van der Waals surface area contributed by atoms with Gasteiger partial charge in [0, 0.05) is 0 Å². The third kappa shape index (κ3) is 21.2. The average molecular weight is 340 g/mol. The van der Waals surface area contributed by atoms with E-state index < -0.39 is 5.97 Å². The lowest BCUT2D eigenvalue weighted by Crippen LogP contribution is -2.23. The van der Waals surface area contributed by atoms with Crippen LogP contribution in [0.1, 0.15) is 103 Å². The Balaban J connectivity index is 3.07. The highest BCUT2D eigenvalue weighted by molar-refractivity contribution is 5.68. The monoisotopic (exact) mass is 339 g/mol. The van der Waals surface area contributed by atoms with Gasteiger partial charge in [-0.15, -0.1) is 0 Å². The van der Waals surface area contributed by atoms with Crippen molar-refractivity contribution in [3.63, 3.8) is 0 Å². The van der Waals surface area contributed by atoms with Gasteiger partial charge in [-0.3, -0.25) is 4.79 Å². The molecule has 0 heterocycles. The number of carbonyl (C=O) groups is 1. The van der Waals surface area contributed by atoms with Gasteiger partial charge in [-0.05, 0) is 38.6 Å². The van der Waals surface area contributed by atoms with E-state index in [-0.39, 0.29) is 6.54 Å². The minimum atomic E-state index is -0.768. The van der Waals surface area contributed by atoms with Crippen LogP contribution in [0.15, 0.2) is 12.2 Å². The van der Waals surface area contributed by atoms with Crippen molar-refractivity contribution < 1.29 is 9.90 Å². The maximum absolute atomic E-state index is 10.3. The fourth-order valence-corrected chi connectivity index (χ4v) is 2.87. The van der Waals surface area contributed by atoms with Crippen molar-refractivity contribution in [2.24, 2.45) is 0 Å². The van der Waals surface area contributed by atoms with Crippen LogP contribution in [-0.2, 0) is 4.79 Å². The zero-order valence-electron chi connectivity index (χ0n) is 16.0. The zero-order valence-corrected chi connectivity index (χ0v) is 16.0. The molecule has 0 atom stereocenters. The van der Waals surface area contributed by atoms with Gasteiger partial charge in [0.25, 0.3) is 0 Å². The molecular weight excluding hydrogens is 298 g/mol. The van der Waals surface area contributed by atoms with Crippen molar-refractivity contribution >= 4 is 5.97 Å². The lowest BCUT2D eigenvalue weighted by atomic mass is 10.1. The molecule has 0 aliphatic carbocycles. The fourth-order valence-electron chi connectivity index (χ4n) is 2.87. The Morgan fingerprint density at radius 3 is 1.71 bits per heavy atom. The molecule has 0 rings (SSSR count). The summed E-state index contributed by atoms with van der Waals surface area (Å²) < 4.78 is 0. The molecule has 0 spiro atoms. The highest BCUT2D eigenvalue weighted by Crippen LogP contribution is 2.10. The quantitative estimate of drug-likeness (QED) is 0.221. The molecule has 24 heavy (non-hydrogen) atoms. The van der Waals surface area contributed by atoms with Crippen molar-refractivity contribution in [1.29, 1.82) is 0 Å². The second-order valence-corrected chi connectivity index (χ2v) is 6.86. The summed E-state index contributed by atoms with van der Waals surface area (Å²) in [5.41, 5.74) is 0. The van der Waals surface area contributed by atoms with E-state index in [1.165, 1.54) is 89.9 Å². The number of aliphatic carboxylic acids is 1. The SMILES string of the molecule is CCCCCCCCCC=CCCCCCCCCNCC(=O)O. The largest absolute Gasteiger partial charge is 0.480 e. The molecule has 142 valence electrons. The van der Waals surface area contributed by atoms with E-state index in [0.717, 1.165) is 13.0 Å². The van der Waals surface area contributed by atoms with Crippen molar-refractivity contribution in [1.82, 2.24) is 5.32 Å². The Hall–Kier alpha value is -0.830. The molecule has 0 aliphatic heterocycles. The zero-order chi connectivity index (χ0) is 17.7. The molecule has 0 amide bonds. The first-order valence-electron chi connectivity index (χ1n) is 10.3. The minimum absolute atomic E-state index is 0.0885. The molecule has 0 radical (unpaired) electrons. The highest BCUT2D eigenvalue weighted by Gasteiger charge is 1.95. The molecule has 0 aliphatic rings. The van der Waals surface area contributed by atoms with Crippen LogP contribution in [0, 0.1) is 0 Å². The van der Waals surface area contributed by atoms with Crippen molar-refractivity contribution in [3.05, 3.63) is 12.2 Å². The van der Waals surface area contributed by atoms with Gasteiger partial charge in [-0.2, -0.15) is 0 Å².